The molecule has 1 heterocycles. The van der Waals surface area contributed by atoms with Crippen molar-refractivity contribution in [3.8, 4) is 5.75 Å². The molecule has 5 nitrogen and oxygen atoms in total. The number of hydrogen-bond acceptors (Lipinski definition) is 3. The van der Waals surface area contributed by atoms with E-state index in [1.54, 1.807) is 18.2 Å². The van der Waals surface area contributed by atoms with Crippen LogP contribution in [0.5, 0.6) is 5.75 Å². The van der Waals surface area contributed by atoms with E-state index in [0.29, 0.717) is 18.5 Å². The number of hydrogen-bond donors (Lipinski definition) is 1. The molecule has 0 aliphatic carbocycles. The second kappa shape index (κ2) is 7.20. The first-order chi connectivity index (χ1) is 10.5. The maximum Gasteiger partial charge on any atom is 0.387 e. The molecular weight excluding hydrogens is 296 g/mol. The maximum atomic E-state index is 12.4. The average Bonchev–Trinajstić information content (AvgIpc) is 2.87. The molecule has 0 aromatic heterocycles. The lowest BCUT2D eigenvalue weighted by molar-refractivity contribution is -0.139. The fourth-order valence-corrected chi connectivity index (χ4v) is 2.70. The average molecular weight is 313 g/mol. The predicted molar refractivity (Wildman–Crippen MR) is 73.8 cm³/mol. The Hall–Kier alpha value is -2.18. The van der Waals surface area contributed by atoms with Gasteiger partial charge in [-0.05, 0) is 18.9 Å². The van der Waals surface area contributed by atoms with Gasteiger partial charge in [0.15, 0.2) is 0 Å². The predicted octanol–water partition coefficient (Wildman–Crippen LogP) is 2.30. The highest BCUT2D eigenvalue weighted by Gasteiger charge is 2.30. The lowest BCUT2D eigenvalue weighted by atomic mass is 10.1. The van der Waals surface area contributed by atoms with Gasteiger partial charge in [-0.1, -0.05) is 18.2 Å². The molecule has 1 aromatic carbocycles. The minimum atomic E-state index is -2.96. The van der Waals surface area contributed by atoms with Crippen molar-refractivity contribution >= 4 is 11.9 Å². The van der Waals surface area contributed by atoms with Crippen molar-refractivity contribution in [1.82, 2.24) is 4.90 Å². The summed E-state index contributed by atoms with van der Waals surface area (Å²) in [5.41, 5.74) is 0.369. The minimum absolute atomic E-state index is 0.0279. The number of para-hydroxylation sites is 1. The quantitative estimate of drug-likeness (QED) is 0.875. The summed E-state index contributed by atoms with van der Waals surface area (Å²) >= 11 is 0. The van der Waals surface area contributed by atoms with E-state index >= 15 is 0 Å². The van der Waals surface area contributed by atoms with Crippen LogP contribution in [0.4, 0.5) is 8.78 Å². The number of benzene rings is 1. The Kier molecular flexibility index (Phi) is 5.30. The fourth-order valence-electron chi connectivity index (χ4n) is 2.70. The van der Waals surface area contributed by atoms with Crippen LogP contribution in [-0.2, 0) is 16.0 Å². The number of nitrogens with zero attached hydrogens (tertiary/aromatic N) is 1. The Morgan fingerprint density at radius 3 is 2.77 bits per heavy atom. The Morgan fingerprint density at radius 2 is 2.09 bits per heavy atom. The first kappa shape index (κ1) is 16.2. The van der Waals surface area contributed by atoms with Gasteiger partial charge in [-0.15, -0.1) is 0 Å². The summed E-state index contributed by atoms with van der Waals surface area (Å²) in [6, 6.07) is 5.80. The fraction of sp³-hybridized carbons (Fsp3) is 0.467. The Bertz CT molecular complexity index is 550. The van der Waals surface area contributed by atoms with Gasteiger partial charge in [-0.2, -0.15) is 8.78 Å². The molecule has 1 atom stereocenters. The molecule has 1 unspecified atom stereocenters. The Labute approximate surface area is 126 Å². The normalized spacial score (nSPS) is 17.8. The highest BCUT2D eigenvalue weighted by molar-refractivity contribution is 5.81. The van der Waals surface area contributed by atoms with Crippen molar-refractivity contribution in [1.29, 1.82) is 0 Å². The van der Waals surface area contributed by atoms with E-state index in [1.807, 2.05) is 0 Å². The van der Waals surface area contributed by atoms with Gasteiger partial charge in [0.05, 0.1) is 12.8 Å². The van der Waals surface area contributed by atoms with Gasteiger partial charge in [0, 0.05) is 18.2 Å². The summed E-state index contributed by atoms with van der Waals surface area (Å²) in [5, 5.41) is 8.87. The van der Waals surface area contributed by atoms with Crippen LogP contribution in [0.25, 0.3) is 0 Å². The van der Waals surface area contributed by atoms with E-state index in [4.69, 9.17) is 5.11 Å². The van der Waals surface area contributed by atoms with Gasteiger partial charge < -0.3 is 14.7 Å². The van der Waals surface area contributed by atoms with Crippen LogP contribution in [0, 0.1) is 0 Å². The highest BCUT2D eigenvalue weighted by Crippen LogP contribution is 2.25. The van der Waals surface area contributed by atoms with Crippen LogP contribution in [0.3, 0.4) is 0 Å². The number of rotatable bonds is 6. The lowest BCUT2D eigenvalue weighted by Crippen LogP contribution is -2.37. The summed E-state index contributed by atoms with van der Waals surface area (Å²) in [5.74, 6) is -1.25. The molecule has 0 radical (unpaired) electrons. The Morgan fingerprint density at radius 1 is 1.36 bits per heavy atom. The first-order valence-corrected chi connectivity index (χ1v) is 7.01. The SMILES string of the molecule is O=C(O)CC1CCCN1C(=O)Cc1ccccc1OC(F)F. The number of carboxylic acid groups (broad SMARTS) is 1. The van der Waals surface area contributed by atoms with E-state index in [1.165, 1.54) is 11.0 Å². The third-order valence-electron chi connectivity index (χ3n) is 3.64. The number of aliphatic carboxylic acids is 1. The van der Waals surface area contributed by atoms with Crippen LogP contribution in [0.2, 0.25) is 0 Å². The number of halogens is 2. The number of amides is 1. The summed E-state index contributed by atoms with van der Waals surface area (Å²) < 4.78 is 29.1. The van der Waals surface area contributed by atoms with Crippen molar-refractivity contribution in [3.05, 3.63) is 29.8 Å². The topological polar surface area (TPSA) is 66.8 Å². The van der Waals surface area contributed by atoms with Crippen LogP contribution in [0.15, 0.2) is 24.3 Å². The molecule has 7 heteroatoms. The number of likely N-dealkylation sites (tertiary alicyclic amines) is 1. The molecule has 0 spiro atoms. The van der Waals surface area contributed by atoms with E-state index < -0.39 is 12.6 Å². The third-order valence-corrected chi connectivity index (χ3v) is 3.64. The molecule has 1 amide bonds. The van der Waals surface area contributed by atoms with Crippen molar-refractivity contribution < 1.29 is 28.2 Å². The van der Waals surface area contributed by atoms with Gasteiger partial charge in [-0.3, -0.25) is 9.59 Å². The lowest BCUT2D eigenvalue weighted by Gasteiger charge is -2.24. The molecule has 0 saturated carbocycles. The number of carbonyl (C=O) groups is 2. The third kappa shape index (κ3) is 4.16. The van der Waals surface area contributed by atoms with Gasteiger partial charge >= 0.3 is 12.6 Å². The van der Waals surface area contributed by atoms with Crippen molar-refractivity contribution in [2.75, 3.05) is 6.54 Å². The molecule has 22 heavy (non-hydrogen) atoms. The number of alkyl halides is 2. The summed E-state index contributed by atoms with van der Waals surface area (Å²) in [6.45, 7) is -2.46. The van der Waals surface area contributed by atoms with Crippen molar-refractivity contribution in [3.63, 3.8) is 0 Å². The van der Waals surface area contributed by atoms with Crippen LogP contribution < -0.4 is 4.74 Å². The highest BCUT2D eigenvalue weighted by atomic mass is 19.3. The van der Waals surface area contributed by atoms with Gasteiger partial charge in [0.1, 0.15) is 5.75 Å². The summed E-state index contributed by atoms with van der Waals surface area (Å²) in [7, 11) is 0. The smallest absolute Gasteiger partial charge is 0.387 e. The van der Waals surface area contributed by atoms with Gasteiger partial charge in [0.2, 0.25) is 5.91 Å². The molecule has 1 aliphatic heterocycles. The van der Waals surface area contributed by atoms with Gasteiger partial charge in [-0.25, -0.2) is 0 Å². The summed E-state index contributed by atoms with van der Waals surface area (Å²) in [6.07, 6.45) is 1.21. The zero-order valence-electron chi connectivity index (χ0n) is 11.9. The molecule has 1 aliphatic rings. The van der Waals surface area contributed by atoms with E-state index in [9.17, 15) is 18.4 Å². The zero-order chi connectivity index (χ0) is 16.1. The molecule has 1 N–H and O–H groups in total. The number of carboxylic acids is 1. The maximum absolute atomic E-state index is 12.4. The number of ether oxygens (including phenoxy) is 1. The second-order valence-electron chi connectivity index (χ2n) is 5.14. The van der Waals surface area contributed by atoms with E-state index in [2.05, 4.69) is 4.74 Å². The van der Waals surface area contributed by atoms with Crippen LogP contribution in [-0.4, -0.2) is 41.1 Å². The van der Waals surface area contributed by atoms with E-state index in [-0.39, 0.29) is 30.5 Å². The molecule has 0 bridgehead atoms. The molecular formula is C15H17F2NO4. The van der Waals surface area contributed by atoms with Gasteiger partial charge in [0.25, 0.3) is 0 Å². The molecule has 120 valence electrons. The zero-order valence-corrected chi connectivity index (χ0v) is 11.9. The molecule has 1 saturated heterocycles. The van der Waals surface area contributed by atoms with E-state index in [0.717, 1.165) is 6.42 Å². The molecule has 1 aromatic rings. The van der Waals surface area contributed by atoms with Crippen molar-refractivity contribution in [2.24, 2.45) is 0 Å². The number of carbonyl (C=O) groups excluding carboxylic acids is 1. The summed E-state index contributed by atoms with van der Waals surface area (Å²) in [4.78, 5) is 24.7. The first-order valence-electron chi connectivity index (χ1n) is 7.01. The minimum Gasteiger partial charge on any atom is -0.481 e. The van der Waals surface area contributed by atoms with Crippen LogP contribution >= 0.6 is 0 Å². The monoisotopic (exact) mass is 313 g/mol. The standard InChI is InChI=1S/C15H17F2NO4/c16-15(17)22-12-6-2-1-4-10(12)8-13(19)18-7-3-5-11(18)9-14(20)21/h1-2,4,6,11,15H,3,5,7-9H2,(H,20,21). The molecule has 2 rings (SSSR count). The van der Waals surface area contributed by atoms with Crippen LogP contribution in [0.1, 0.15) is 24.8 Å². The largest absolute Gasteiger partial charge is 0.481 e. The molecule has 1 fully saturated rings. The Balaban J connectivity index is 2.07. The van der Waals surface area contributed by atoms with Crippen molar-refractivity contribution in [2.45, 2.75) is 38.3 Å². The second-order valence-corrected chi connectivity index (χ2v) is 5.14.